The Labute approximate surface area is 604 Å². The van der Waals surface area contributed by atoms with Crippen molar-refractivity contribution >= 4 is 66.8 Å². The molecule has 0 fully saturated rings. The number of aromatic hydroxyl groups is 2. The Morgan fingerprint density at radius 3 is 0.828 bits per heavy atom. The van der Waals surface area contributed by atoms with Gasteiger partial charge in [0, 0.05) is 60.3 Å². The van der Waals surface area contributed by atoms with Gasteiger partial charge in [-0.05, 0) is 196 Å². The number of phenols is 2. The molecule has 2 N–H and O–H groups in total. The molecule has 0 atom stereocenters. The van der Waals surface area contributed by atoms with Crippen molar-refractivity contribution in [3.8, 4) is 56.6 Å². The van der Waals surface area contributed by atoms with Crippen molar-refractivity contribution in [2.45, 2.75) is 256 Å². The van der Waals surface area contributed by atoms with Gasteiger partial charge in [0.2, 0.25) is 0 Å². The predicted molar refractivity (Wildman–Crippen MR) is 428 cm³/mol. The number of fused-ring (bicyclic) bond motifs is 6. The second-order valence-corrected chi connectivity index (χ2v) is 39.7. The van der Waals surface area contributed by atoms with E-state index >= 15 is 0 Å². The third-order valence-electron chi connectivity index (χ3n) is 20.2. The monoisotopic (exact) mass is 1370 g/mol. The fourth-order valence-electron chi connectivity index (χ4n) is 15.4. The fraction of sp³-hybridized carbons (Fsp3) is 0.473. The van der Waals surface area contributed by atoms with Crippen molar-refractivity contribution in [1.29, 1.82) is 0 Å². The second kappa shape index (κ2) is 25.6. The molecule has 0 aliphatic carbocycles. The molecule has 0 amide bonds. The molecule has 10 aromatic rings. The first-order chi connectivity index (χ1) is 45.2. The molecule has 2 aromatic heterocycles. The molecule has 8 heteroatoms. The van der Waals surface area contributed by atoms with Crippen LogP contribution in [0.1, 0.15) is 258 Å². The van der Waals surface area contributed by atoms with E-state index in [0.29, 0.717) is 50.5 Å². The van der Waals surface area contributed by atoms with Crippen LogP contribution in [0.5, 0.6) is 23.0 Å². The fourth-order valence-corrected chi connectivity index (χ4v) is 15.9. The Balaban J connectivity index is 1.24. The van der Waals surface area contributed by atoms with E-state index in [1.54, 1.807) is 0 Å². The van der Waals surface area contributed by atoms with Crippen molar-refractivity contribution in [1.82, 2.24) is 9.13 Å². The Morgan fingerprint density at radius 1 is 0.323 bits per heavy atom. The first-order valence-electron chi connectivity index (χ1n) is 36.1. The van der Waals surface area contributed by atoms with Crippen LogP contribution in [0.15, 0.2) is 121 Å². The Bertz CT molecular complexity index is 4310. The van der Waals surface area contributed by atoms with Crippen LogP contribution in [0.2, 0.25) is 10.0 Å². The molecule has 0 bridgehead atoms. The van der Waals surface area contributed by atoms with E-state index in [-0.39, 0.29) is 68.0 Å². The van der Waals surface area contributed by atoms with Crippen LogP contribution in [0.4, 0.5) is 0 Å². The van der Waals surface area contributed by atoms with Gasteiger partial charge in [0.15, 0.2) is 23.0 Å². The third-order valence-corrected chi connectivity index (χ3v) is 20.7. The smallest absolute Gasteiger partial charge is 0.151 e. The highest BCUT2D eigenvalue weighted by Gasteiger charge is 2.39. The first-order valence-corrected chi connectivity index (χ1v) is 36.9. The Hall–Kier alpha value is -6.86. The van der Waals surface area contributed by atoms with E-state index in [2.05, 4.69) is 300 Å². The molecule has 528 valence electrons. The number of hydrogen-bond donors (Lipinski definition) is 2. The minimum Gasteiger partial charge on any atom is -0.505 e. The van der Waals surface area contributed by atoms with Gasteiger partial charge in [0.1, 0.15) is 11.4 Å². The van der Waals surface area contributed by atoms with Gasteiger partial charge in [-0.1, -0.05) is 253 Å². The largest absolute Gasteiger partial charge is 0.505 e. The molecule has 0 saturated heterocycles. The lowest BCUT2D eigenvalue weighted by molar-refractivity contribution is 0.229. The lowest BCUT2D eigenvalue weighted by atomic mass is 9.71. The maximum Gasteiger partial charge on any atom is 0.151 e. The molecule has 6 nitrogen and oxygen atoms in total. The zero-order chi connectivity index (χ0) is 73.4. The van der Waals surface area contributed by atoms with Gasteiger partial charge >= 0.3 is 0 Å². The van der Waals surface area contributed by atoms with Crippen molar-refractivity contribution in [2.24, 2.45) is 10.8 Å². The molecule has 10 rings (SSSR count). The van der Waals surface area contributed by atoms with Gasteiger partial charge in [-0.25, -0.2) is 0 Å². The van der Waals surface area contributed by atoms with Crippen LogP contribution in [-0.4, -0.2) is 32.6 Å². The van der Waals surface area contributed by atoms with Crippen LogP contribution in [0.3, 0.4) is 0 Å². The molecule has 8 aromatic carbocycles. The highest BCUT2D eigenvalue weighted by atomic mass is 35.5. The van der Waals surface area contributed by atoms with E-state index in [0.717, 1.165) is 89.8 Å². The molecule has 0 spiro atoms. The number of nitrogens with zero attached hydrogens (tertiary/aromatic N) is 2. The van der Waals surface area contributed by atoms with E-state index < -0.39 is 10.8 Å². The van der Waals surface area contributed by atoms with Gasteiger partial charge < -0.3 is 28.8 Å². The number of hydrogen-bond acceptors (Lipinski definition) is 4. The van der Waals surface area contributed by atoms with Crippen molar-refractivity contribution in [2.75, 3.05) is 13.2 Å². The second-order valence-electron chi connectivity index (χ2n) is 38.8. The molecular formula is C91H116Cl2N2O4. The summed E-state index contributed by atoms with van der Waals surface area (Å²) in [5.41, 5.74) is 14.9. The summed E-state index contributed by atoms with van der Waals surface area (Å²) in [6.07, 6.45) is 2.06. The van der Waals surface area contributed by atoms with Crippen molar-refractivity contribution in [3.05, 3.63) is 176 Å². The quantitative estimate of drug-likeness (QED) is 0.106. The molecule has 99 heavy (non-hydrogen) atoms. The summed E-state index contributed by atoms with van der Waals surface area (Å²) in [6, 6.07) is 44.2. The molecule has 0 aliphatic heterocycles. The summed E-state index contributed by atoms with van der Waals surface area (Å²) in [4.78, 5) is 0. The molecule has 0 aliphatic rings. The van der Waals surface area contributed by atoms with E-state index in [1.165, 1.54) is 22.3 Å². The average Bonchev–Trinajstić information content (AvgIpc) is 1.64. The van der Waals surface area contributed by atoms with Crippen LogP contribution in [0.25, 0.3) is 77.2 Å². The molecule has 0 radical (unpaired) electrons. The molecular weight excluding hydrogens is 1260 g/mol. The number of phenolic OH excluding ortho intramolecular Hbond substituents is 2. The van der Waals surface area contributed by atoms with Crippen LogP contribution >= 0.6 is 23.2 Å². The van der Waals surface area contributed by atoms with Gasteiger partial charge in [0.05, 0.1) is 35.3 Å². The maximum absolute atomic E-state index is 13.8. The normalized spacial score (nSPS) is 13.6. The van der Waals surface area contributed by atoms with Crippen LogP contribution in [0, 0.1) is 10.8 Å². The van der Waals surface area contributed by atoms with Crippen molar-refractivity contribution < 1.29 is 19.7 Å². The SMILES string of the molecule is CC(C)(C)CC(C)(C)c1cc(-c2cc(Cl)cc(C(C)(C)C)c2)c(O)c(-n2c3ccc(C(C)(C)C)cc3c3cc(C(C)(C)C)ccc32)c1OCCCOc1c(C(C)(C)CC(C)(C)C)cc(-c2cc(Cl)cc(C(C)(C)C)c2)c(O)c1-n1c2ccc(C(C)(C)C)cc2c2cc(C(C)(C)C)ccc21. The summed E-state index contributed by atoms with van der Waals surface area (Å²) in [5.74, 6) is 1.44. The predicted octanol–water partition coefficient (Wildman–Crippen LogP) is 27.0. The Morgan fingerprint density at radius 2 is 0.586 bits per heavy atom. The van der Waals surface area contributed by atoms with Gasteiger partial charge in [-0.3, -0.25) is 0 Å². The third kappa shape index (κ3) is 15.4. The lowest BCUT2D eigenvalue weighted by Gasteiger charge is -2.36. The number of aromatic nitrogens is 2. The zero-order valence-electron chi connectivity index (χ0n) is 65.4. The molecule has 2 heterocycles. The number of halogens is 2. The summed E-state index contributed by atoms with van der Waals surface area (Å²) in [5, 5.41) is 33.2. The highest BCUT2D eigenvalue weighted by molar-refractivity contribution is 6.31. The number of rotatable bonds is 14. The lowest BCUT2D eigenvalue weighted by Crippen LogP contribution is -2.27. The topological polar surface area (TPSA) is 68.8 Å². The number of ether oxygens (including phenoxy) is 2. The first kappa shape index (κ1) is 74.8. The van der Waals surface area contributed by atoms with Crippen molar-refractivity contribution in [3.63, 3.8) is 0 Å². The number of benzene rings is 8. The van der Waals surface area contributed by atoms with Crippen LogP contribution < -0.4 is 9.47 Å². The van der Waals surface area contributed by atoms with E-state index in [1.807, 2.05) is 24.3 Å². The van der Waals surface area contributed by atoms with Crippen LogP contribution in [-0.2, 0) is 43.3 Å². The summed E-state index contributed by atoms with van der Waals surface area (Å²) in [7, 11) is 0. The molecule has 0 unspecified atom stereocenters. The summed E-state index contributed by atoms with van der Waals surface area (Å²) in [6.45, 7) is 63.9. The minimum absolute atomic E-state index is 0.0963. The average molecular weight is 1370 g/mol. The highest BCUT2D eigenvalue weighted by Crippen LogP contribution is 2.55. The minimum atomic E-state index is -0.494. The van der Waals surface area contributed by atoms with Gasteiger partial charge in [-0.2, -0.15) is 0 Å². The Kier molecular flexibility index (Phi) is 19.3. The summed E-state index contributed by atoms with van der Waals surface area (Å²) >= 11 is 14.3. The summed E-state index contributed by atoms with van der Waals surface area (Å²) < 4.78 is 19.8. The zero-order valence-corrected chi connectivity index (χ0v) is 67.0. The standard InChI is InChI=1S/C91H116Cl2N2O4/c1-82(2,3)52-90(25,26)70-50-64(54-40-60(88(19,20)21)44-62(92)42-54)78(96)76(94-72-34-30-56(84(7,8)9)46-66(72)67-47-57(85(10,11)12)31-35-73(67)94)80(70)98-38-29-39-99-81-71(91(27,28)53-83(4,5)6)51-65(55-41-61(89(22,23)24)45-63(93)43-55)79(97)77(81)95-74-36-32-58(86(13,14)15)48-68(74)69-49-59(87(16,17)18)33-37-75(69)95/h30-37,40-51,96-97H,29,38-39,52-53H2,1-28H3. The maximum atomic E-state index is 13.8. The van der Waals surface area contributed by atoms with Gasteiger partial charge in [-0.15, -0.1) is 0 Å². The van der Waals surface area contributed by atoms with E-state index in [4.69, 9.17) is 32.7 Å². The van der Waals surface area contributed by atoms with Gasteiger partial charge in [0.25, 0.3) is 0 Å². The molecule has 0 saturated carbocycles. The van der Waals surface area contributed by atoms with E-state index in [9.17, 15) is 10.2 Å².